The fourth-order valence-electron chi connectivity index (χ4n) is 5.45. The maximum atomic E-state index is 13.4. The minimum atomic E-state index is -3.53. The van der Waals surface area contributed by atoms with Crippen LogP contribution in [0.2, 0.25) is 0 Å². The van der Waals surface area contributed by atoms with Gasteiger partial charge in [0.1, 0.15) is 11.5 Å². The van der Waals surface area contributed by atoms with E-state index in [0.29, 0.717) is 35.7 Å². The molecule has 36 heavy (non-hydrogen) atoms. The molecule has 2 aromatic carbocycles. The summed E-state index contributed by atoms with van der Waals surface area (Å²) in [6, 6.07) is 11.8. The third kappa shape index (κ3) is 5.10. The van der Waals surface area contributed by atoms with Crippen molar-refractivity contribution in [1.29, 1.82) is 0 Å². The Kier molecular flexibility index (Phi) is 7.51. The molecule has 0 spiro atoms. The molecule has 0 radical (unpaired) electrons. The third-order valence-corrected chi connectivity index (χ3v) is 10.2. The molecule has 0 unspecified atom stereocenters. The summed E-state index contributed by atoms with van der Waals surface area (Å²) in [6.45, 7) is 3.30. The van der Waals surface area contributed by atoms with Gasteiger partial charge in [-0.1, -0.05) is 31.5 Å². The first kappa shape index (κ1) is 25.4. The quantitative estimate of drug-likeness (QED) is 0.339. The summed E-state index contributed by atoms with van der Waals surface area (Å²) in [4.78, 5) is 5.31. The highest BCUT2D eigenvalue weighted by Gasteiger charge is 2.30. The van der Waals surface area contributed by atoms with Crippen molar-refractivity contribution in [2.24, 2.45) is 5.92 Å². The van der Waals surface area contributed by atoms with Gasteiger partial charge in [0, 0.05) is 31.0 Å². The predicted octanol–water partition coefficient (Wildman–Crippen LogP) is 5.88. The van der Waals surface area contributed by atoms with Crippen molar-refractivity contribution >= 4 is 32.8 Å². The monoisotopic (exact) mass is 529 g/mol. The van der Waals surface area contributed by atoms with Crippen LogP contribution in [0.4, 0.5) is 0 Å². The summed E-state index contributed by atoms with van der Waals surface area (Å²) in [5.74, 6) is 2.62. The second-order valence-corrected chi connectivity index (χ2v) is 12.9. The van der Waals surface area contributed by atoms with Crippen molar-refractivity contribution < 1.29 is 17.9 Å². The van der Waals surface area contributed by atoms with Gasteiger partial charge in [0.15, 0.2) is 5.16 Å². The predicted molar refractivity (Wildman–Crippen MR) is 144 cm³/mol. The van der Waals surface area contributed by atoms with Gasteiger partial charge < -0.3 is 14.0 Å². The number of sulfonamides is 1. The normalized spacial score (nSPS) is 19.7. The van der Waals surface area contributed by atoms with Gasteiger partial charge in [0.2, 0.25) is 10.0 Å². The van der Waals surface area contributed by atoms with Gasteiger partial charge in [-0.2, -0.15) is 4.31 Å². The number of piperidine rings is 1. The Morgan fingerprint density at radius 1 is 1.00 bits per heavy atom. The van der Waals surface area contributed by atoms with Gasteiger partial charge in [-0.25, -0.2) is 13.4 Å². The highest BCUT2D eigenvalue weighted by atomic mass is 32.2. The van der Waals surface area contributed by atoms with E-state index < -0.39 is 10.0 Å². The molecule has 0 N–H and O–H groups in total. The topological polar surface area (TPSA) is 73.7 Å². The summed E-state index contributed by atoms with van der Waals surface area (Å²) < 4.78 is 41.7. The first-order chi connectivity index (χ1) is 17.4. The Bertz CT molecular complexity index is 1310. The number of fused-ring (bicyclic) bond motifs is 1. The van der Waals surface area contributed by atoms with E-state index in [4.69, 9.17) is 14.5 Å². The number of thioether (sulfide) groups is 1. The maximum Gasteiger partial charge on any atom is 0.243 e. The molecule has 0 amide bonds. The number of benzene rings is 2. The lowest BCUT2D eigenvalue weighted by Gasteiger charge is -2.30. The number of imidazole rings is 1. The first-order valence-corrected chi connectivity index (χ1v) is 15.2. The molecule has 1 saturated carbocycles. The molecular formula is C27H35N3O4S2. The zero-order chi connectivity index (χ0) is 25.3. The van der Waals surface area contributed by atoms with E-state index in [1.54, 1.807) is 42.4 Å². The molecular weight excluding hydrogens is 494 g/mol. The van der Waals surface area contributed by atoms with E-state index in [1.165, 1.54) is 12.8 Å². The van der Waals surface area contributed by atoms with E-state index in [-0.39, 0.29) is 0 Å². The Balaban J connectivity index is 1.48. The second-order valence-electron chi connectivity index (χ2n) is 9.97. The lowest BCUT2D eigenvalue weighted by atomic mass is 10.0. The largest absolute Gasteiger partial charge is 0.497 e. The SMILES string of the molecule is COc1cc(CSc2nc3cc(S(=O)(=O)N4CCC[C@H](C)C4)ccc3n2C2CCCC2)cc(OC)c1. The smallest absolute Gasteiger partial charge is 0.243 e. The zero-order valence-electron chi connectivity index (χ0n) is 21.3. The number of ether oxygens (including phenoxy) is 2. The molecule has 0 bridgehead atoms. The summed E-state index contributed by atoms with van der Waals surface area (Å²) in [5.41, 5.74) is 2.85. The van der Waals surface area contributed by atoms with Crippen LogP contribution in [0.25, 0.3) is 11.0 Å². The molecule has 2 aliphatic rings. The van der Waals surface area contributed by atoms with Gasteiger partial charge in [0.25, 0.3) is 0 Å². The minimum absolute atomic E-state index is 0.342. The summed E-state index contributed by atoms with van der Waals surface area (Å²) in [5, 5.41) is 0.930. The second kappa shape index (κ2) is 10.6. The molecule has 9 heteroatoms. The molecule has 1 atom stereocenters. The van der Waals surface area contributed by atoms with E-state index in [1.807, 2.05) is 24.3 Å². The lowest BCUT2D eigenvalue weighted by Crippen LogP contribution is -2.39. The number of hydrogen-bond acceptors (Lipinski definition) is 6. The van der Waals surface area contributed by atoms with Crippen molar-refractivity contribution in [3.63, 3.8) is 0 Å². The van der Waals surface area contributed by atoms with Crippen molar-refractivity contribution in [3.8, 4) is 11.5 Å². The first-order valence-electron chi connectivity index (χ1n) is 12.8. The Morgan fingerprint density at radius 2 is 1.72 bits per heavy atom. The molecule has 3 aromatic rings. The van der Waals surface area contributed by atoms with Crippen LogP contribution in [0.5, 0.6) is 11.5 Å². The number of hydrogen-bond donors (Lipinski definition) is 0. The molecule has 7 nitrogen and oxygen atoms in total. The summed E-state index contributed by atoms with van der Waals surface area (Å²) in [6.07, 6.45) is 6.66. The molecule has 194 valence electrons. The summed E-state index contributed by atoms with van der Waals surface area (Å²) >= 11 is 1.67. The van der Waals surface area contributed by atoms with Crippen LogP contribution in [0, 0.1) is 5.92 Å². The maximum absolute atomic E-state index is 13.4. The molecule has 1 aliphatic heterocycles. The van der Waals surface area contributed by atoms with Crippen molar-refractivity contribution in [1.82, 2.24) is 13.9 Å². The van der Waals surface area contributed by atoms with E-state index >= 15 is 0 Å². The van der Waals surface area contributed by atoms with Gasteiger partial charge in [-0.15, -0.1) is 0 Å². The number of methoxy groups -OCH3 is 2. The van der Waals surface area contributed by atoms with Crippen LogP contribution >= 0.6 is 11.8 Å². The van der Waals surface area contributed by atoms with E-state index in [9.17, 15) is 8.42 Å². The van der Waals surface area contributed by atoms with Crippen LogP contribution in [0.1, 0.15) is 57.1 Å². The molecule has 1 saturated heterocycles. The van der Waals surface area contributed by atoms with Crippen LogP contribution in [-0.4, -0.2) is 49.6 Å². The number of aromatic nitrogens is 2. The van der Waals surface area contributed by atoms with Crippen LogP contribution in [0.3, 0.4) is 0 Å². The molecule has 1 aromatic heterocycles. The molecule has 1 aliphatic carbocycles. The van der Waals surface area contributed by atoms with Crippen molar-refractivity contribution in [3.05, 3.63) is 42.0 Å². The van der Waals surface area contributed by atoms with E-state index in [2.05, 4.69) is 11.5 Å². The average molecular weight is 530 g/mol. The minimum Gasteiger partial charge on any atom is -0.497 e. The third-order valence-electron chi connectivity index (χ3n) is 7.36. The average Bonchev–Trinajstić information content (AvgIpc) is 3.54. The fourth-order valence-corrected chi connectivity index (χ4v) is 8.08. The van der Waals surface area contributed by atoms with Crippen LogP contribution < -0.4 is 9.47 Å². The number of nitrogens with zero attached hydrogens (tertiary/aromatic N) is 3. The highest BCUT2D eigenvalue weighted by Crippen LogP contribution is 2.38. The Morgan fingerprint density at radius 3 is 2.39 bits per heavy atom. The number of rotatable bonds is 8. The fraction of sp³-hybridized carbons (Fsp3) is 0.519. The van der Waals surface area contributed by atoms with Gasteiger partial charge in [-0.05, 0) is 67.5 Å². The zero-order valence-corrected chi connectivity index (χ0v) is 22.9. The Labute approximate surface area is 218 Å². The highest BCUT2D eigenvalue weighted by molar-refractivity contribution is 7.98. The molecule has 2 heterocycles. The van der Waals surface area contributed by atoms with Gasteiger partial charge >= 0.3 is 0 Å². The van der Waals surface area contributed by atoms with Crippen molar-refractivity contribution in [2.45, 2.75) is 67.3 Å². The molecule has 2 fully saturated rings. The van der Waals surface area contributed by atoms with E-state index in [0.717, 1.165) is 58.9 Å². The van der Waals surface area contributed by atoms with Gasteiger partial charge in [0.05, 0.1) is 30.1 Å². The standard InChI is InChI=1S/C27H35N3O4S2/c1-19-7-6-12-29(17-19)36(31,32)24-10-11-26-25(16-24)28-27(30(26)21-8-4-5-9-21)35-18-20-13-22(33-2)15-23(14-20)34-3/h10-11,13-16,19,21H,4-9,12,17-18H2,1-3H3/t19-/m0/s1. The van der Waals surface area contributed by atoms with Crippen molar-refractivity contribution in [2.75, 3.05) is 27.3 Å². The lowest BCUT2D eigenvalue weighted by molar-refractivity contribution is 0.281. The molecule has 5 rings (SSSR count). The van der Waals surface area contributed by atoms with Gasteiger partial charge in [-0.3, -0.25) is 0 Å². The Hall–Kier alpha value is -2.23. The van der Waals surface area contributed by atoms with Crippen LogP contribution in [-0.2, 0) is 15.8 Å². The summed E-state index contributed by atoms with van der Waals surface area (Å²) in [7, 11) is -0.222. The van der Waals surface area contributed by atoms with Crippen LogP contribution in [0.15, 0.2) is 46.5 Å².